The molecule has 152 valence electrons. The normalized spacial score (nSPS) is 19.4. The average Bonchev–Trinajstić information content (AvgIpc) is 3.24. The van der Waals surface area contributed by atoms with Gasteiger partial charge in [0.25, 0.3) is 0 Å². The van der Waals surface area contributed by atoms with Gasteiger partial charge >= 0.3 is 0 Å². The Morgan fingerprint density at radius 1 is 0.967 bits per heavy atom. The standard InChI is InChI=1S/C24H21ClN2O3/c1-28-17-7-5-6-15(12-17)20-14-21-19-13-16(25)10-11-23(19)30-24(27(21)26-20)18-8-3-4-9-22(18)29-2/h3-13,21,24H,14H2,1-2H3/t21-,24+/m1/s1. The van der Waals surface area contributed by atoms with Crippen LogP contribution in [0.3, 0.4) is 0 Å². The Balaban J connectivity index is 1.62. The Kier molecular flexibility index (Phi) is 4.75. The molecule has 5 nitrogen and oxygen atoms in total. The van der Waals surface area contributed by atoms with Crippen LogP contribution in [0.15, 0.2) is 71.8 Å². The molecule has 2 heterocycles. The third kappa shape index (κ3) is 3.15. The summed E-state index contributed by atoms with van der Waals surface area (Å²) in [6, 6.07) is 21.6. The Hall–Kier alpha value is -3.18. The highest BCUT2D eigenvalue weighted by molar-refractivity contribution is 6.30. The molecule has 2 aliphatic heterocycles. The molecule has 30 heavy (non-hydrogen) atoms. The molecule has 5 rings (SSSR count). The van der Waals surface area contributed by atoms with Crippen molar-refractivity contribution in [1.82, 2.24) is 5.01 Å². The fourth-order valence-corrected chi connectivity index (χ4v) is 4.29. The first-order valence-corrected chi connectivity index (χ1v) is 10.1. The van der Waals surface area contributed by atoms with Gasteiger partial charge in [0.2, 0.25) is 6.23 Å². The van der Waals surface area contributed by atoms with Crippen molar-refractivity contribution in [2.75, 3.05) is 14.2 Å². The largest absolute Gasteiger partial charge is 0.497 e. The molecule has 0 aliphatic carbocycles. The van der Waals surface area contributed by atoms with Crippen LogP contribution in [-0.4, -0.2) is 24.9 Å². The quantitative estimate of drug-likeness (QED) is 0.551. The van der Waals surface area contributed by atoms with Gasteiger partial charge in [-0.15, -0.1) is 0 Å². The van der Waals surface area contributed by atoms with E-state index in [0.717, 1.165) is 46.1 Å². The number of rotatable bonds is 4. The first-order valence-electron chi connectivity index (χ1n) is 9.77. The minimum atomic E-state index is -0.400. The Morgan fingerprint density at radius 2 is 1.83 bits per heavy atom. The van der Waals surface area contributed by atoms with E-state index in [9.17, 15) is 0 Å². The minimum absolute atomic E-state index is 0.0172. The number of hydrogen-bond acceptors (Lipinski definition) is 5. The molecule has 6 heteroatoms. The zero-order valence-corrected chi connectivity index (χ0v) is 17.5. The summed E-state index contributed by atoms with van der Waals surface area (Å²) in [5.41, 5.74) is 3.98. The second-order valence-corrected chi connectivity index (χ2v) is 7.71. The zero-order chi connectivity index (χ0) is 20.7. The summed E-state index contributed by atoms with van der Waals surface area (Å²) < 4.78 is 17.4. The molecule has 0 saturated heterocycles. The molecule has 3 aromatic rings. The molecule has 3 aromatic carbocycles. The first kappa shape index (κ1) is 18.8. The molecule has 0 N–H and O–H groups in total. The number of ether oxygens (including phenoxy) is 3. The van der Waals surface area contributed by atoms with Gasteiger partial charge in [-0.3, -0.25) is 0 Å². The van der Waals surface area contributed by atoms with Crippen LogP contribution in [0.25, 0.3) is 0 Å². The van der Waals surface area contributed by atoms with E-state index < -0.39 is 6.23 Å². The van der Waals surface area contributed by atoms with Crippen molar-refractivity contribution in [3.05, 3.63) is 88.4 Å². The van der Waals surface area contributed by atoms with Gasteiger partial charge in [0.15, 0.2) is 0 Å². The monoisotopic (exact) mass is 420 g/mol. The van der Waals surface area contributed by atoms with Crippen molar-refractivity contribution in [1.29, 1.82) is 0 Å². The molecular formula is C24H21ClN2O3. The fourth-order valence-electron chi connectivity index (χ4n) is 4.11. The number of hydrazone groups is 1. The van der Waals surface area contributed by atoms with Crippen LogP contribution in [-0.2, 0) is 0 Å². The van der Waals surface area contributed by atoms with Gasteiger partial charge in [-0.25, -0.2) is 5.01 Å². The number of halogens is 1. The van der Waals surface area contributed by atoms with Crippen molar-refractivity contribution in [3.63, 3.8) is 0 Å². The van der Waals surface area contributed by atoms with E-state index in [4.69, 9.17) is 30.9 Å². The summed E-state index contributed by atoms with van der Waals surface area (Å²) >= 11 is 6.31. The second-order valence-electron chi connectivity index (χ2n) is 7.27. The minimum Gasteiger partial charge on any atom is -0.497 e. The van der Waals surface area contributed by atoms with E-state index in [0.29, 0.717) is 5.02 Å². The van der Waals surface area contributed by atoms with Crippen LogP contribution >= 0.6 is 11.6 Å². The van der Waals surface area contributed by atoms with Crippen molar-refractivity contribution in [2.24, 2.45) is 5.10 Å². The SMILES string of the molecule is COc1cccc(C2=NN3[C@H](C2)c2cc(Cl)ccc2O[C@H]3c2ccccc2OC)c1. The van der Waals surface area contributed by atoms with Gasteiger partial charge in [-0.05, 0) is 42.5 Å². The average molecular weight is 421 g/mol. The Morgan fingerprint density at radius 3 is 2.67 bits per heavy atom. The molecule has 0 bridgehead atoms. The Labute approximate surface area is 180 Å². The maximum absolute atomic E-state index is 6.41. The van der Waals surface area contributed by atoms with Crippen LogP contribution in [0.1, 0.15) is 35.4 Å². The summed E-state index contributed by atoms with van der Waals surface area (Å²) in [4.78, 5) is 0. The van der Waals surface area contributed by atoms with Crippen LogP contribution in [0.2, 0.25) is 5.02 Å². The molecule has 2 aliphatic rings. The van der Waals surface area contributed by atoms with Crippen molar-refractivity contribution in [3.8, 4) is 17.2 Å². The van der Waals surface area contributed by atoms with E-state index in [1.807, 2.05) is 65.7 Å². The number of para-hydroxylation sites is 1. The summed E-state index contributed by atoms with van der Waals surface area (Å²) in [6.07, 6.45) is 0.345. The summed E-state index contributed by atoms with van der Waals surface area (Å²) in [7, 11) is 3.34. The number of nitrogens with zero attached hydrogens (tertiary/aromatic N) is 2. The summed E-state index contributed by atoms with van der Waals surface area (Å²) in [5, 5.41) is 7.69. The molecule has 0 saturated carbocycles. The fraction of sp³-hybridized carbons (Fsp3) is 0.208. The smallest absolute Gasteiger partial charge is 0.217 e. The molecule has 0 spiro atoms. The zero-order valence-electron chi connectivity index (χ0n) is 16.7. The predicted octanol–water partition coefficient (Wildman–Crippen LogP) is 5.60. The molecule has 0 unspecified atom stereocenters. The van der Waals surface area contributed by atoms with Crippen molar-refractivity contribution in [2.45, 2.75) is 18.7 Å². The van der Waals surface area contributed by atoms with Crippen molar-refractivity contribution >= 4 is 17.3 Å². The lowest BCUT2D eigenvalue weighted by molar-refractivity contribution is -0.0203. The highest BCUT2D eigenvalue weighted by atomic mass is 35.5. The van der Waals surface area contributed by atoms with Crippen LogP contribution in [0, 0.1) is 0 Å². The highest BCUT2D eigenvalue weighted by Crippen LogP contribution is 2.49. The van der Waals surface area contributed by atoms with Crippen LogP contribution in [0.5, 0.6) is 17.2 Å². The van der Waals surface area contributed by atoms with E-state index >= 15 is 0 Å². The van der Waals surface area contributed by atoms with Gasteiger partial charge in [-0.2, -0.15) is 5.10 Å². The van der Waals surface area contributed by atoms with E-state index in [1.54, 1.807) is 14.2 Å². The van der Waals surface area contributed by atoms with Crippen LogP contribution < -0.4 is 14.2 Å². The lowest BCUT2D eigenvalue weighted by atomic mass is 9.95. The van der Waals surface area contributed by atoms with Gasteiger partial charge < -0.3 is 14.2 Å². The molecule has 0 radical (unpaired) electrons. The molecule has 0 amide bonds. The molecular weight excluding hydrogens is 400 g/mol. The maximum atomic E-state index is 6.41. The van der Waals surface area contributed by atoms with Crippen molar-refractivity contribution < 1.29 is 14.2 Å². The number of methoxy groups -OCH3 is 2. The topological polar surface area (TPSA) is 43.3 Å². The maximum Gasteiger partial charge on any atom is 0.217 e. The Bertz CT molecular complexity index is 1130. The summed E-state index contributed by atoms with van der Waals surface area (Å²) in [6.45, 7) is 0. The van der Waals surface area contributed by atoms with E-state index in [-0.39, 0.29) is 6.04 Å². The van der Waals surface area contributed by atoms with Gasteiger partial charge in [0.1, 0.15) is 17.2 Å². The predicted molar refractivity (Wildman–Crippen MR) is 117 cm³/mol. The van der Waals surface area contributed by atoms with Crippen LogP contribution in [0.4, 0.5) is 0 Å². The second kappa shape index (κ2) is 7.58. The number of benzene rings is 3. The third-order valence-corrected chi connectivity index (χ3v) is 5.79. The van der Waals surface area contributed by atoms with Gasteiger partial charge in [0, 0.05) is 22.6 Å². The third-order valence-electron chi connectivity index (χ3n) is 5.56. The first-order chi connectivity index (χ1) is 14.7. The molecule has 0 fully saturated rings. The summed E-state index contributed by atoms with van der Waals surface area (Å²) in [5.74, 6) is 2.39. The number of fused-ring (bicyclic) bond motifs is 3. The van der Waals surface area contributed by atoms with Gasteiger partial charge in [0.05, 0.1) is 31.5 Å². The van der Waals surface area contributed by atoms with E-state index in [2.05, 4.69) is 6.07 Å². The lowest BCUT2D eigenvalue weighted by Crippen LogP contribution is -2.33. The van der Waals surface area contributed by atoms with Gasteiger partial charge in [-0.1, -0.05) is 35.9 Å². The lowest BCUT2D eigenvalue weighted by Gasteiger charge is -2.38. The molecule has 0 aromatic heterocycles. The highest BCUT2D eigenvalue weighted by Gasteiger charge is 2.42. The van der Waals surface area contributed by atoms with E-state index in [1.165, 1.54) is 0 Å². The number of hydrogen-bond donors (Lipinski definition) is 0. The molecule has 2 atom stereocenters.